The van der Waals surface area contributed by atoms with Crippen molar-refractivity contribution in [3.05, 3.63) is 71.9 Å². The number of aromatic nitrogens is 3. The van der Waals surface area contributed by atoms with Crippen LogP contribution in [0.4, 0.5) is 0 Å². The van der Waals surface area contributed by atoms with E-state index in [0.717, 1.165) is 21.2 Å². The van der Waals surface area contributed by atoms with Gasteiger partial charge in [0.15, 0.2) is 6.10 Å². The van der Waals surface area contributed by atoms with E-state index in [1.54, 1.807) is 24.2 Å². The number of hydrogen-bond acceptors (Lipinski definition) is 5. The van der Waals surface area contributed by atoms with Crippen LogP contribution in [0.15, 0.2) is 64.8 Å². The third kappa shape index (κ3) is 5.20. The molecule has 27 heavy (non-hydrogen) atoms. The fourth-order valence-corrected chi connectivity index (χ4v) is 3.80. The summed E-state index contributed by atoms with van der Waals surface area (Å²) in [5.74, 6) is 0.605. The summed E-state index contributed by atoms with van der Waals surface area (Å²) in [6, 6.07) is 14.0. The number of ether oxygens (including phenoxy) is 1. The van der Waals surface area contributed by atoms with E-state index in [2.05, 4.69) is 35.9 Å². The lowest BCUT2D eigenvalue weighted by atomic mass is 10.1. The Morgan fingerprint density at radius 3 is 2.59 bits per heavy atom. The maximum absolute atomic E-state index is 11.6. The van der Waals surface area contributed by atoms with Crippen molar-refractivity contribution < 1.29 is 9.53 Å². The van der Waals surface area contributed by atoms with Crippen molar-refractivity contribution in [1.82, 2.24) is 15.0 Å². The third-order valence-electron chi connectivity index (χ3n) is 4.01. The van der Waals surface area contributed by atoms with Gasteiger partial charge in [-0.3, -0.25) is 9.78 Å². The van der Waals surface area contributed by atoms with Gasteiger partial charge in [0.05, 0.1) is 5.69 Å². The number of esters is 1. The van der Waals surface area contributed by atoms with Gasteiger partial charge in [-0.05, 0) is 29.7 Å². The molecule has 0 aliphatic heterocycles. The Bertz CT molecular complexity index is 879. The van der Waals surface area contributed by atoms with Crippen LogP contribution in [-0.2, 0) is 16.0 Å². The van der Waals surface area contributed by atoms with Crippen LogP contribution in [0.1, 0.15) is 49.9 Å². The SMILES string of the molecule is CC(=O)OC(Cc1cccnc1)c1nc(Sc2ccccc2)c(C(C)C)[nH]1. The zero-order chi connectivity index (χ0) is 19.2. The fourth-order valence-electron chi connectivity index (χ4n) is 2.74. The first-order chi connectivity index (χ1) is 13.0. The molecule has 3 aromatic rings. The topological polar surface area (TPSA) is 67.9 Å². The second-order valence-electron chi connectivity index (χ2n) is 6.57. The summed E-state index contributed by atoms with van der Waals surface area (Å²) in [6.07, 6.45) is 3.55. The number of aromatic amines is 1. The van der Waals surface area contributed by atoms with Gasteiger partial charge in [-0.25, -0.2) is 4.98 Å². The Balaban J connectivity index is 1.91. The Kier molecular flexibility index (Phi) is 6.29. The van der Waals surface area contributed by atoms with Gasteiger partial charge in [0.2, 0.25) is 0 Å². The maximum Gasteiger partial charge on any atom is 0.303 e. The maximum atomic E-state index is 11.6. The minimum absolute atomic E-state index is 0.272. The molecule has 1 aromatic carbocycles. The Morgan fingerprint density at radius 2 is 1.96 bits per heavy atom. The van der Waals surface area contributed by atoms with Crippen LogP contribution in [0.2, 0.25) is 0 Å². The molecule has 0 saturated heterocycles. The van der Waals surface area contributed by atoms with Crippen molar-refractivity contribution in [3.8, 4) is 0 Å². The van der Waals surface area contributed by atoms with Crippen LogP contribution in [0, 0.1) is 0 Å². The van der Waals surface area contributed by atoms with Crippen LogP contribution in [0.25, 0.3) is 0 Å². The summed E-state index contributed by atoms with van der Waals surface area (Å²) in [5.41, 5.74) is 2.03. The minimum Gasteiger partial charge on any atom is -0.454 e. The zero-order valence-electron chi connectivity index (χ0n) is 15.7. The first-order valence-electron chi connectivity index (χ1n) is 8.91. The molecule has 0 amide bonds. The number of imidazole rings is 1. The molecule has 1 unspecified atom stereocenters. The summed E-state index contributed by atoms with van der Waals surface area (Å²) in [5, 5.41) is 0.912. The molecule has 0 spiro atoms. The van der Waals surface area contributed by atoms with E-state index in [1.807, 2.05) is 30.3 Å². The van der Waals surface area contributed by atoms with Crippen LogP contribution < -0.4 is 0 Å². The molecule has 1 N–H and O–H groups in total. The van der Waals surface area contributed by atoms with Crippen molar-refractivity contribution >= 4 is 17.7 Å². The first-order valence-corrected chi connectivity index (χ1v) is 9.73. The average Bonchev–Trinajstić information content (AvgIpc) is 3.07. The number of rotatable bonds is 7. The van der Waals surface area contributed by atoms with E-state index in [0.29, 0.717) is 12.2 Å². The number of hydrogen-bond donors (Lipinski definition) is 1. The number of pyridine rings is 1. The molecule has 2 heterocycles. The highest BCUT2D eigenvalue weighted by Gasteiger charge is 2.23. The van der Waals surface area contributed by atoms with Crippen LogP contribution in [-0.4, -0.2) is 20.9 Å². The van der Waals surface area contributed by atoms with Crippen molar-refractivity contribution in [2.75, 3.05) is 0 Å². The molecule has 1 atom stereocenters. The normalized spacial score (nSPS) is 12.1. The predicted molar refractivity (Wildman–Crippen MR) is 106 cm³/mol. The molecule has 3 rings (SSSR count). The molecular formula is C21H23N3O2S. The standard InChI is InChI=1S/C21H23N3O2S/c1-14(2)19-21(27-17-9-5-4-6-10-17)24-20(23-19)18(26-15(3)25)12-16-8-7-11-22-13-16/h4-11,13-14,18H,12H2,1-3H3,(H,23,24). The number of benzene rings is 1. The Labute approximate surface area is 163 Å². The van der Waals surface area contributed by atoms with Gasteiger partial charge >= 0.3 is 5.97 Å². The number of carbonyl (C=O) groups excluding carboxylic acids is 1. The van der Waals surface area contributed by atoms with Gasteiger partial charge < -0.3 is 9.72 Å². The third-order valence-corrected chi connectivity index (χ3v) is 5.02. The highest BCUT2D eigenvalue weighted by atomic mass is 32.2. The lowest BCUT2D eigenvalue weighted by molar-refractivity contribution is -0.147. The van der Waals surface area contributed by atoms with Crippen molar-refractivity contribution in [1.29, 1.82) is 0 Å². The molecule has 0 bridgehead atoms. The second kappa shape index (κ2) is 8.86. The van der Waals surface area contributed by atoms with Gasteiger partial charge in [-0.15, -0.1) is 0 Å². The molecule has 6 heteroatoms. The molecule has 0 radical (unpaired) electrons. The van der Waals surface area contributed by atoms with Crippen LogP contribution in [0.3, 0.4) is 0 Å². The largest absolute Gasteiger partial charge is 0.454 e. The number of carbonyl (C=O) groups is 1. The Morgan fingerprint density at radius 1 is 1.19 bits per heavy atom. The molecule has 0 fully saturated rings. The number of H-pyrrole nitrogens is 1. The molecule has 140 valence electrons. The lowest BCUT2D eigenvalue weighted by Crippen LogP contribution is -2.13. The zero-order valence-corrected chi connectivity index (χ0v) is 16.5. The second-order valence-corrected chi connectivity index (χ2v) is 7.64. The van der Waals surface area contributed by atoms with E-state index in [4.69, 9.17) is 9.72 Å². The quantitative estimate of drug-likeness (QED) is 0.588. The van der Waals surface area contributed by atoms with Crippen molar-refractivity contribution in [2.45, 2.75) is 49.1 Å². The summed E-state index contributed by atoms with van der Waals surface area (Å²) in [7, 11) is 0. The van der Waals surface area contributed by atoms with E-state index in [-0.39, 0.29) is 11.9 Å². The smallest absolute Gasteiger partial charge is 0.303 e. The van der Waals surface area contributed by atoms with E-state index >= 15 is 0 Å². The van der Waals surface area contributed by atoms with E-state index in [1.165, 1.54) is 6.92 Å². The number of nitrogens with zero attached hydrogens (tertiary/aromatic N) is 2. The van der Waals surface area contributed by atoms with Gasteiger partial charge in [0, 0.05) is 30.6 Å². The van der Waals surface area contributed by atoms with Gasteiger partial charge in [-0.1, -0.05) is 49.9 Å². The van der Waals surface area contributed by atoms with Gasteiger partial charge in [0.25, 0.3) is 0 Å². The van der Waals surface area contributed by atoms with E-state index in [9.17, 15) is 4.79 Å². The fraction of sp³-hybridized carbons (Fsp3) is 0.286. The van der Waals surface area contributed by atoms with Crippen molar-refractivity contribution in [2.24, 2.45) is 0 Å². The first kappa shape index (κ1) is 19.2. The average molecular weight is 382 g/mol. The molecule has 0 saturated carbocycles. The molecule has 5 nitrogen and oxygen atoms in total. The summed E-state index contributed by atoms with van der Waals surface area (Å²) < 4.78 is 5.57. The molecule has 0 aliphatic carbocycles. The van der Waals surface area contributed by atoms with Gasteiger partial charge in [-0.2, -0.15) is 0 Å². The highest BCUT2D eigenvalue weighted by molar-refractivity contribution is 7.99. The summed E-state index contributed by atoms with van der Waals surface area (Å²) >= 11 is 1.61. The van der Waals surface area contributed by atoms with Crippen LogP contribution in [0.5, 0.6) is 0 Å². The highest BCUT2D eigenvalue weighted by Crippen LogP contribution is 2.34. The predicted octanol–water partition coefficient (Wildman–Crippen LogP) is 4.93. The number of nitrogens with one attached hydrogen (secondary N) is 1. The lowest BCUT2D eigenvalue weighted by Gasteiger charge is -2.14. The van der Waals surface area contributed by atoms with Gasteiger partial charge in [0.1, 0.15) is 10.9 Å². The summed E-state index contributed by atoms with van der Waals surface area (Å²) in [6.45, 7) is 5.66. The molecule has 2 aromatic heterocycles. The summed E-state index contributed by atoms with van der Waals surface area (Å²) in [4.78, 5) is 25.1. The molecule has 0 aliphatic rings. The Hall–Kier alpha value is -2.60. The van der Waals surface area contributed by atoms with Crippen molar-refractivity contribution in [3.63, 3.8) is 0 Å². The monoisotopic (exact) mass is 381 g/mol. The minimum atomic E-state index is -0.477. The van der Waals surface area contributed by atoms with Crippen LogP contribution >= 0.6 is 11.8 Å². The van der Waals surface area contributed by atoms with E-state index < -0.39 is 6.10 Å². The molecular weight excluding hydrogens is 358 g/mol.